The molecule has 19 heavy (non-hydrogen) atoms. The summed E-state index contributed by atoms with van der Waals surface area (Å²) in [6.07, 6.45) is 0. The van der Waals surface area contributed by atoms with E-state index < -0.39 is 0 Å². The third-order valence-corrected chi connectivity index (χ3v) is 2.73. The fourth-order valence-electron chi connectivity index (χ4n) is 1.77. The summed E-state index contributed by atoms with van der Waals surface area (Å²) < 4.78 is 10.3. The second-order valence-corrected chi connectivity index (χ2v) is 4.38. The van der Waals surface area contributed by atoms with E-state index >= 15 is 0 Å². The van der Waals surface area contributed by atoms with Crippen LogP contribution in [0.5, 0.6) is 11.5 Å². The van der Waals surface area contributed by atoms with Gasteiger partial charge >= 0.3 is 0 Å². The van der Waals surface area contributed by atoms with Crippen molar-refractivity contribution in [3.05, 3.63) is 35.9 Å². The van der Waals surface area contributed by atoms with Crippen molar-refractivity contribution in [1.82, 2.24) is 4.90 Å². The number of rotatable bonds is 6. The molecule has 0 heterocycles. The van der Waals surface area contributed by atoms with E-state index in [0.29, 0.717) is 30.2 Å². The molecule has 0 N–H and O–H groups in total. The Labute approximate surface area is 114 Å². The minimum absolute atomic E-state index is 0.0531. The molecule has 0 fully saturated rings. The third-order valence-electron chi connectivity index (χ3n) is 2.73. The summed E-state index contributed by atoms with van der Waals surface area (Å²) in [4.78, 5) is 14.2. The van der Waals surface area contributed by atoms with Gasteiger partial charge in [0, 0.05) is 24.7 Å². The van der Waals surface area contributed by atoms with Crippen molar-refractivity contribution in [3.63, 3.8) is 0 Å². The van der Waals surface area contributed by atoms with Gasteiger partial charge in [0.1, 0.15) is 11.5 Å². The van der Waals surface area contributed by atoms with Crippen LogP contribution in [0, 0.1) is 0 Å². The number of carbonyl (C=O) groups excluding carboxylic acids is 1. The van der Waals surface area contributed by atoms with Gasteiger partial charge in [-0.3, -0.25) is 4.79 Å². The summed E-state index contributed by atoms with van der Waals surface area (Å²) in [6.45, 7) is 8.87. The average Bonchev–Trinajstić information content (AvgIpc) is 2.42. The highest BCUT2D eigenvalue weighted by Crippen LogP contribution is 2.23. The molecule has 0 aromatic heterocycles. The second kappa shape index (κ2) is 6.83. The van der Waals surface area contributed by atoms with Crippen LogP contribution >= 0.6 is 0 Å². The number of ether oxygens (including phenoxy) is 2. The summed E-state index contributed by atoms with van der Waals surface area (Å²) in [7, 11) is 3.13. The van der Waals surface area contributed by atoms with Crippen molar-refractivity contribution < 1.29 is 14.3 Å². The van der Waals surface area contributed by atoms with E-state index in [-0.39, 0.29) is 5.91 Å². The smallest absolute Gasteiger partial charge is 0.254 e. The van der Waals surface area contributed by atoms with Crippen LogP contribution in [-0.2, 0) is 0 Å². The van der Waals surface area contributed by atoms with Crippen molar-refractivity contribution >= 4 is 5.91 Å². The highest BCUT2D eigenvalue weighted by atomic mass is 16.5. The van der Waals surface area contributed by atoms with E-state index in [1.807, 2.05) is 13.8 Å². The molecule has 0 bridgehead atoms. The van der Waals surface area contributed by atoms with E-state index in [1.165, 1.54) is 0 Å². The van der Waals surface area contributed by atoms with Gasteiger partial charge in [-0.15, -0.1) is 0 Å². The highest BCUT2D eigenvalue weighted by molar-refractivity contribution is 5.95. The summed E-state index contributed by atoms with van der Waals surface area (Å²) in [6, 6.07) is 5.17. The third kappa shape index (κ3) is 4.02. The monoisotopic (exact) mass is 263 g/mol. The van der Waals surface area contributed by atoms with Crippen molar-refractivity contribution in [2.24, 2.45) is 0 Å². The number of hydrogen-bond donors (Lipinski definition) is 0. The van der Waals surface area contributed by atoms with Crippen LogP contribution in [0.1, 0.15) is 24.2 Å². The Morgan fingerprint density at radius 1 is 1.21 bits per heavy atom. The normalized spacial score (nSPS) is 9.89. The summed E-state index contributed by atoms with van der Waals surface area (Å²) in [5.41, 5.74) is 1.50. The summed E-state index contributed by atoms with van der Waals surface area (Å²) in [5, 5.41) is 0. The quantitative estimate of drug-likeness (QED) is 0.741. The Balaban J connectivity index is 3.06. The Morgan fingerprint density at radius 3 is 2.11 bits per heavy atom. The van der Waals surface area contributed by atoms with Gasteiger partial charge in [-0.25, -0.2) is 0 Å². The maximum Gasteiger partial charge on any atom is 0.254 e. The Morgan fingerprint density at radius 2 is 1.74 bits per heavy atom. The van der Waals surface area contributed by atoms with E-state index in [9.17, 15) is 4.79 Å². The molecule has 0 spiro atoms. The number of nitrogens with zero attached hydrogens (tertiary/aromatic N) is 1. The lowest BCUT2D eigenvalue weighted by atomic mass is 10.1. The summed E-state index contributed by atoms with van der Waals surface area (Å²) in [5.74, 6) is 1.16. The molecule has 0 aliphatic rings. The zero-order valence-corrected chi connectivity index (χ0v) is 12.0. The first kappa shape index (κ1) is 15.1. The van der Waals surface area contributed by atoms with E-state index in [0.717, 1.165) is 5.57 Å². The number of methoxy groups -OCH3 is 2. The molecule has 0 unspecified atom stereocenters. The molecular formula is C15H21NO3. The number of benzene rings is 1. The predicted octanol–water partition coefficient (Wildman–Crippen LogP) is 2.74. The van der Waals surface area contributed by atoms with Gasteiger partial charge in [0.25, 0.3) is 5.91 Å². The topological polar surface area (TPSA) is 38.8 Å². The van der Waals surface area contributed by atoms with Crippen molar-refractivity contribution in [3.8, 4) is 11.5 Å². The molecule has 1 rings (SSSR count). The van der Waals surface area contributed by atoms with Crippen LogP contribution < -0.4 is 9.47 Å². The number of amides is 1. The van der Waals surface area contributed by atoms with Gasteiger partial charge in [0.05, 0.1) is 14.2 Å². The first-order chi connectivity index (χ1) is 9.01. The van der Waals surface area contributed by atoms with Crippen molar-refractivity contribution in [2.75, 3.05) is 27.3 Å². The van der Waals surface area contributed by atoms with Crippen LogP contribution in [-0.4, -0.2) is 38.1 Å². The second-order valence-electron chi connectivity index (χ2n) is 4.38. The Bertz CT molecular complexity index is 446. The first-order valence-electron chi connectivity index (χ1n) is 6.18. The van der Waals surface area contributed by atoms with Crippen molar-refractivity contribution in [1.29, 1.82) is 0 Å². The van der Waals surface area contributed by atoms with Crippen LogP contribution in [0.15, 0.2) is 30.4 Å². The molecule has 1 aromatic carbocycles. The van der Waals surface area contributed by atoms with Gasteiger partial charge in [0.15, 0.2) is 0 Å². The molecule has 4 nitrogen and oxygen atoms in total. The molecule has 1 aromatic rings. The molecule has 0 saturated carbocycles. The van der Waals surface area contributed by atoms with Gasteiger partial charge < -0.3 is 14.4 Å². The van der Waals surface area contributed by atoms with Gasteiger partial charge in [-0.2, -0.15) is 0 Å². The number of likely N-dealkylation sites (N-methyl/N-ethyl adjacent to an activating group) is 1. The largest absolute Gasteiger partial charge is 0.497 e. The fraction of sp³-hybridized carbons (Fsp3) is 0.400. The minimum atomic E-state index is -0.0531. The highest BCUT2D eigenvalue weighted by Gasteiger charge is 2.16. The maximum atomic E-state index is 12.4. The Kier molecular flexibility index (Phi) is 5.42. The summed E-state index contributed by atoms with van der Waals surface area (Å²) >= 11 is 0. The van der Waals surface area contributed by atoms with E-state index in [1.54, 1.807) is 37.3 Å². The zero-order valence-electron chi connectivity index (χ0n) is 12.0. The Hall–Kier alpha value is -1.97. The molecule has 1 amide bonds. The maximum absolute atomic E-state index is 12.4. The average molecular weight is 263 g/mol. The van der Waals surface area contributed by atoms with Crippen LogP contribution in [0.25, 0.3) is 0 Å². The number of carbonyl (C=O) groups is 1. The standard InChI is InChI=1S/C15H21NO3/c1-6-16(10-11(2)3)15(17)12-7-13(18-4)9-14(8-12)19-5/h7-9H,2,6,10H2,1,3-5H3. The first-order valence-corrected chi connectivity index (χ1v) is 6.18. The molecular weight excluding hydrogens is 242 g/mol. The molecule has 0 aliphatic carbocycles. The molecule has 4 heteroatoms. The molecule has 104 valence electrons. The lowest BCUT2D eigenvalue weighted by Crippen LogP contribution is -2.32. The fourth-order valence-corrected chi connectivity index (χ4v) is 1.77. The molecule has 0 saturated heterocycles. The molecule has 0 aliphatic heterocycles. The molecule has 0 radical (unpaired) electrons. The van der Waals surface area contributed by atoms with E-state index in [4.69, 9.17) is 9.47 Å². The molecule has 0 atom stereocenters. The zero-order chi connectivity index (χ0) is 14.4. The van der Waals surface area contributed by atoms with Gasteiger partial charge in [-0.05, 0) is 26.0 Å². The van der Waals surface area contributed by atoms with Crippen LogP contribution in [0.2, 0.25) is 0 Å². The van der Waals surface area contributed by atoms with Gasteiger partial charge in [-0.1, -0.05) is 12.2 Å². The minimum Gasteiger partial charge on any atom is -0.497 e. The van der Waals surface area contributed by atoms with E-state index in [2.05, 4.69) is 6.58 Å². The lowest BCUT2D eigenvalue weighted by Gasteiger charge is -2.21. The number of hydrogen-bond acceptors (Lipinski definition) is 3. The lowest BCUT2D eigenvalue weighted by molar-refractivity contribution is 0.0777. The van der Waals surface area contributed by atoms with Crippen LogP contribution in [0.4, 0.5) is 0 Å². The predicted molar refractivity (Wildman–Crippen MR) is 75.9 cm³/mol. The van der Waals surface area contributed by atoms with Crippen LogP contribution in [0.3, 0.4) is 0 Å². The van der Waals surface area contributed by atoms with Gasteiger partial charge in [0.2, 0.25) is 0 Å². The van der Waals surface area contributed by atoms with Crippen molar-refractivity contribution in [2.45, 2.75) is 13.8 Å². The SMILES string of the molecule is C=C(C)CN(CC)C(=O)c1cc(OC)cc(OC)c1.